The van der Waals surface area contributed by atoms with Crippen molar-refractivity contribution in [2.24, 2.45) is 11.8 Å². The highest BCUT2D eigenvalue weighted by atomic mass is 35.5. The molecule has 2 aliphatic rings. The Morgan fingerprint density at radius 1 is 1.21 bits per heavy atom. The van der Waals surface area contributed by atoms with Gasteiger partial charge in [-0.2, -0.15) is 0 Å². The van der Waals surface area contributed by atoms with Crippen molar-refractivity contribution in [3.8, 4) is 5.75 Å². The molecule has 1 aliphatic heterocycles. The molecule has 156 valence electrons. The van der Waals surface area contributed by atoms with Gasteiger partial charge in [0.15, 0.2) is 0 Å². The van der Waals surface area contributed by atoms with Crippen LogP contribution in [0.4, 0.5) is 5.95 Å². The highest BCUT2D eigenvalue weighted by molar-refractivity contribution is 6.30. The molecule has 29 heavy (non-hydrogen) atoms. The SMILES string of the molecule is CCCNc1ncc(CN2C[C@H]3C[C@@H](Oc4cccc(Cl)c4)[C@H](O)C[C@H]3C2)cn1. The minimum atomic E-state index is -0.442. The van der Waals surface area contributed by atoms with Gasteiger partial charge in [0.2, 0.25) is 5.95 Å². The van der Waals surface area contributed by atoms with Gasteiger partial charge in [-0.15, -0.1) is 0 Å². The number of aromatic nitrogens is 2. The first kappa shape index (κ1) is 20.4. The van der Waals surface area contributed by atoms with Crippen LogP contribution in [0.1, 0.15) is 31.7 Å². The summed E-state index contributed by atoms with van der Waals surface area (Å²) in [5, 5.41) is 14.5. The fourth-order valence-corrected chi connectivity index (χ4v) is 4.66. The number of hydrogen-bond acceptors (Lipinski definition) is 6. The molecule has 0 amide bonds. The molecule has 1 aromatic carbocycles. The molecule has 2 heterocycles. The van der Waals surface area contributed by atoms with E-state index < -0.39 is 6.10 Å². The summed E-state index contributed by atoms with van der Waals surface area (Å²) >= 11 is 6.06. The van der Waals surface area contributed by atoms with Crippen LogP contribution >= 0.6 is 11.6 Å². The molecule has 2 aromatic rings. The van der Waals surface area contributed by atoms with Gasteiger partial charge in [0, 0.05) is 49.2 Å². The van der Waals surface area contributed by atoms with Crippen LogP contribution in [0.5, 0.6) is 5.75 Å². The Morgan fingerprint density at radius 3 is 2.69 bits per heavy atom. The zero-order valence-corrected chi connectivity index (χ0v) is 17.6. The number of rotatable bonds is 7. The lowest BCUT2D eigenvalue weighted by Gasteiger charge is -2.35. The fraction of sp³-hybridized carbons (Fsp3) is 0.545. The molecule has 0 spiro atoms. The van der Waals surface area contributed by atoms with Gasteiger partial charge in [-0.1, -0.05) is 24.6 Å². The average molecular weight is 417 g/mol. The van der Waals surface area contributed by atoms with Crippen molar-refractivity contribution in [3.63, 3.8) is 0 Å². The Kier molecular flexibility index (Phi) is 6.53. The van der Waals surface area contributed by atoms with Crippen LogP contribution in [-0.4, -0.2) is 51.8 Å². The highest BCUT2D eigenvalue weighted by Gasteiger charge is 2.42. The predicted octanol–water partition coefficient (Wildman–Crippen LogP) is 3.60. The molecule has 4 rings (SSSR count). The number of nitrogens with one attached hydrogen (secondary N) is 1. The van der Waals surface area contributed by atoms with Crippen molar-refractivity contribution < 1.29 is 9.84 Å². The Morgan fingerprint density at radius 2 is 1.97 bits per heavy atom. The average Bonchev–Trinajstić information content (AvgIpc) is 3.08. The molecule has 2 N–H and O–H groups in total. The predicted molar refractivity (Wildman–Crippen MR) is 114 cm³/mol. The minimum absolute atomic E-state index is 0.179. The lowest BCUT2D eigenvalue weighted by atomic mass is 9.78. The van der Waals surface area contributed by atoms with E-state index in [0.717, 1.165) is 56.8 Å². The van der Waals surface area contributed by atoms with E-state index in [1.165, 1.54) is 0 Å². The molecule has 1 aliphatic carbocycles. The van der Waals surface area contributed by atoms with Gasteiger partial charge in [0.1, 0.15) is 11.9 Å². The van der Waals surface area contributed by atoms with Crippen molar-refractivity contribution in [2.45, 2.75) is 44.9 Å². The summed E-state index contributed by atoms with van der Waals surface area (Å²) in [6.45, 7) is 5.87. The number of hydrogen-bond donors (Lipinski definition) is 2. The molecule has 0 bridgehead atoms. The third-order valence-corrected chi connectivity index (χ3v) is 6.12. The van der Waals surface area contributed by atoms with Crippen molar-refractivity contribution in [2.75, 3.05) is 25.0 Å². The van der Waals surface area contributed by atoms with Crippen LogP contribution in [-0.2, 0) is 6.54 Å². The van der Waals surface area contributed by atoms with E-state index in [2.05, 4.69) is 27.1 Å². The minimum Gasteiger partial charge on any atom is -0.488 e. The first-order chi connectivity index (χ1) is 14.1. The molecule has 0 unspecified atom stereocenters. The van der Waals surface area contributed by atoms with Crippen LogP contribution < -0.4 is 10.1 Å². The van der Waals surface area contributed by atoms with Crippen LogP contribution in [0.2, 0.25) is 5.02 Å². The second-order valence-corrected chi connectivity index (χ2v) is 8.64. The zero-order valence-electron chi connectivity index (χ0n) is 16.8. The third kappa shape index (κ3) is 5.18. The van der Waals surface area contributed by atoms with E-state index in [4.69, 9.17) is 16.3 Å². The van der Waals surface area contributed by atoms with E-state index in [1.807, 2.05) is 30.6 Å². The Bertz CT molecular complexity index is 804. The summed E-state index contributed by atoms with van der Waals surface area (Å²) in [5.41, 5.74) is 1.12. The number of anilines is 1. The maximum atomic E-state index is 10.6. The normalized spacial score (nSPS) is 26.9. The summed E-state index contributed by atoms with van der Waals surface area (Å²) in [6.07, 6.45) is 5.90. The molecule has 4 atom stereocenters. The van der Waals surface area contributed by atoms with Crippen LogP contribution in [0.15, 0.2) is 36.7 Å². The van der Waals surface area contributed by atoms with Gasteiger partial charge in [-0.25, -0.2) is 9.97 Å². The Labute approximate surface area is 177 Å². The van der Waals surface area contributed by atoms with Crippen LogP contribution in [0, 0.1) is 11.8 Å². The summed E-state index contributed by atoms with van der Waals surface area (Å²) in [5.74, 6) is 2.46. The lowest BCUT2D eigenvalue weighted by Crippen LogP contribution is -2.42. The number of aliphatic hydroxyl groups is 1. The first-order valence-corrected chi connectivity index (χ1v) is 10.9. The quantitative estimate of drug-likeness (QED) is 0.718. The fourth-order valence-electron chi connectivity index (χ4n) is 4.48. The van der Waals surface area contributed by atoms with E-state index in [-0.39, 0.29) is 6.10 Å². The molecule has 2 fully saturated rings. The van der Waals surface area contributed by atoms with Crippen molar-refractivity contribution >= 4 is 17.5 Å². The maximum Gasteiger partial charge on any atom is 0.222 e. The number of likely N-dealkylation sites (tertiary alicyclic amines) is 1. The van der Waals surface area contributed by atoms with Gasteiger partial charge in [0.25, 0.3) is 0 Å². The Hall–Kier alpha value is -1.89. The topological polar surface area (TPSA) is 70.5 Å². The van der Waals surface area contributed by atoms with Crippen LogP contribution in [0.25, 0.3) is 0 Å². The Balaban J connectivity index is 1.32. The zero-order chi connectivity index (χ0) is 20.2. The van der Waals surface area contributed by atoms with E-state index in [1.54, 1.807) is 6.07 Å². The summed E-state index contributed by atoms with van der Waals surface area (Å²) < 4.78 is 6.08. The number of halogens is 1. The molecule has 1 saturated heterocycles. The second kappa shape index (κ2) is 9.28. The molecule has 7 heteroatoms. The van der Waals surface area contributed by atoms with E-state index in [0.29, 0.717) is 22.8 Å². The number of nitrogens with zero attached hydrogens (tertiary/aromatic N) is 3. The largest absolute Gasteiger partial charge is 0.488 e. The van der Waals surface area contributed by atoms with Crippen molar-refractivity contribution in [1.29, 1.82) is 0 Å². The van der Waals surface area contributed by atoms with Gasteiger partial charge in [-0.05, 0) is 49.3 Å². The number of ether oxygens (including phenoxy) is 1. The molecule has 6 nitrogen and oxygen atoms in total. The third-order valence-electron chi connectivity index (χ3n) is 5.89. The monoisotopic (exact) mass is 416 g/mol. The second-order valence-electron chi connectivity index (χ2n) is 8.21. The first-order valence-electron chi connectivity index (χ1n) is 10.5. The number of fused-ring (bicyclic) bond motifs is 1. The standard InChI is InChI=1S/C22H29ClN4O2/c1-2-6-24-22-25-10-15(11-26-22)12-27-13-16-7-20(28)21(8-17(16)14-27)29-19-5-3-4-18(23)9-19/h3-5,9-11,16-17,20-21,28H,2,6-8,12-14H2,1H3,(H,24,25,26)/t16-,17+,20+,21+/m0/s1. The van der Waals surface area contributed by atoms with Crippen LogP contribution in [0.3, 0.4) is 0 Å². The summed E-state index contributed by atoms with van der Waals surface area (Å²) in [7, 11) is 0. The molecule has 1 saturated carbocycles. The molecular formula is C22H29ClN4O2. The number of benzene rings is 1. The smallest absolute Gasteiger partial charge is 0.222 e. The summed E-state index contributed by atoms with van der Waals surface area (Å²) in [4.78, 5) is 11.3. The van der Waals surface area contributed by atoms with Gasteiger partial charge >= 0.3 is 0 Å². The maximum absolute atomic E-state index is 10.6. The van der Waals surface area contributed by atoms with E-state index >= 15 is 0 Å². The summed E-state index contributed by atoms with van der Waals surface area (Å²) in [6, 6.07) is 7.40. The van der Waals surface area contributed by atoms with E-state index in [9.17, 15) is 5.11 Å². The highest BCUT2D eigenvalue weighted by Crippen LogP contribution is 2.38. The molecule has 1 aromatic heterocycles. The van der Waals surface area contributed by atoms with Gasteiger partial charge in [0.05, 0.1) is 6.10 Å². The van der Waals surface area contributed by atoms with Gasteiger partial charge in [-0.3, -0.25) is 4.90 Å². The van der Waals surface area contributed by atoms with Crippen molar-refractivity contribution in [3.05, 3.63) is 47.2 Å². The number of aliphatic hydroxyl groups excluding tert-OH is 1. The lowest BCUT2D eigenvalue weighted by molar-refractivity contribution is -0.0231. The molecular weight excluding hydrogens is 388 g/mol. The van der Waals surface area contributed by atoms with Gasteiger partial charge < -0.3 is 15.2 Å². The van der Waals surface area contributed by atoms with Crippen molar-refractivity contribution in [1.82, 2.24) is 14.9 Å². The molecule has 0 radical (unpaired) electrons.